The van der Waals surface area contributed by atoms with Crippen LogP contribution in [0.3, 0.4) is 0 Å². The van der Waals surface area contributed by atoms with Gasteiger partial charge < -0.3 is 15.0 Å². The number of nitrogens with one attached hydrogen (secondary N) is 1. The number of imidazole rings is 1. The SMILES string of the molecule is CCCCNC(=O)C1c2cncn2-c2ccccc2C(=O)N1Cc1ccc(OC)cc1. The third-order valence-electron chi connectivity index (χ3n) is 5.50. The van der Waals surface area contributed by atoms with Crippen LogP contribution >= 0.6 is 0 Å². The summed E-state index contributed by atoms with van der Waals surface area (Å²) in [4.78, 5) is 32.9. The molecule has 31 heavy (non-hydrogen) atoms. The third kappa shape index (κ3) is 4.03. The predicted molar refractivity (Wildman–Crippen MR) is 117 cm³/mol. The second-order valence-electron chi connectivity index (χ2n) is 7.53. The maximum Gasteiger partial charge on any atom is 0.257 e. The van der Waals surface area contributed by atoms with E-state index in [0.717, 1.165) is 29.8 Å². The number of rotatable bonds is 7. The average Bonchev–Trinajstić information content (AvgIpc) is 3.25. The van der Waals surface area contributed by atoms with Crippen LogP contribution in [0.25, 0.3) is 5.69 Å². The molecule has 1 N–H and O–H groups in total. The van der Waals surface area contributed by atoms with Crippen molar-refractivity contribution in [2.75, 3.05) is 13.7 Å². The Bertz CT molecular complexity index is 1070. The number of fused-ring (bicyclic) bond motifs is 3. The van der Waals surface area contributed by atoms with Gasteiger partial charge in [-0.2, -0.15) is 0 Å². The Labute approximate surface area is 181 Å². The quantitative estimate of drug-likeness (QED) is 0.596. The standard InChI is InChI=1S/C24H26N4O3/c1-3-4-13-26-23(29)22-21-14-25-16-28(21)20-8-6-5-7-19(20)24(30)27(22)15-17-9-11-18(31-2)12-10-17/h5-12,14,16,22H,3-4,13,15H2,1-2H3,(H,26,29). The first-order valence-corrected chi connectivity index (χ1v) is 10.5. The first-order chi connectivity index (χ1) is 15.1. The largest absolute Gasteiger partial charge is 0.497 e. The summed E-state index contributed by atoms with van der Waals surface area (Å²) >= 11 is 0. The molecule has 0 spiro atoms. The minimum absolute atomic E-state index is 0.189. The third-order valence-corrected chi connectivity index (χ3v) is 5.50. The van der Waals surface area contributed by atoms with Crippen molar-refractivity contribution in [1.29, 1.82) is 0 Å². The van der Waals surface area contributed by atoms with Crippen LogP contribution in [0.1, 0.15) is 47.4 Å². The van der Waals surface area contributed by atoms with E-state index in [2.05, 4.69) is 17.2 Å². The molecule has 7 nitrogen and oxygen atoms in total. The summed E-state index contributed by atoms with van der Waals surface area (Å²) in [5.74, 6) is 0.346. The van der Waals surface area contributed by atoms with Gasteiger partial charge in [-0.15, -0.1) is 0 Å². The average molecular weight is 418 g/mol. The zero-order valence-corrected chi connectivity index (χ0v) is 17.7. The van der Waals surface area contributed by atoms with Gasteiger partial charge in [0, 0.05) is 13.1 Å². The molecule has 0 bridgehead atoms. The van der Waals surface area contributed by atoms with Gasteiger partial charge in [0.25, 0.3) is 5.91 Å². The van der Waals surface area contributed by atoms with Crippen LogP contribution in [0.15, 0.2) is 61.1 Å². The molecule has 1 aromatic heterocycles. The zero-order chi connectivity index (χ0) is 21.8. The van der Waals surface area contributed by atoms with Crippen LogP contribution in [0, 0.1) is 0 Å². The summed E-state index contributed by atoms with van der Waals surface area (Å²) < 4.78 is 7.08. The highest BCUT2D eigenvalue weighted by Crippen LogP contribution is 2.33. The number of amides is 2. The van der Waals surface area contributed by atoms with Gasteiger partial charge in [0.1, 0.15) is 5.75 Å². The topological polar surface area (TPSA) is 76.5 Å². The molecule has 1 aliphatic heterocycles. The molecule has 2 aromatic carbocycles. The maximum absolute atomic E-state index is 13.7. The molecule has 1 atom stereocenters. The van der Waals surface area contributed by atoms with Gasteiger partial charge in [-0.1, -0.05) is 37.6 Å². The molecule has 1 aliphatic rings. The van der Waals surface area contributed by atoms with Crippen LogP contribution in [0.5, 0.6) is 5.75 Å². The lowest BCUT2D eigenvalue weighted by Gasteiger charge is -2.29. The van der Waals surface area contributed by atoms with Crippen LogP contribution < -0.4 is 10.1 Å². The van der Waals surface area contributed by atoms with E-state index >= 15 is 0 Å². The fourth-order valence-electron chi connectivity index (χ4n) is 3.86. The van der Waals surface area contributed by atoms with Crippen molar-refractivity contribution in [1.82, 2.24) is 19.8 Å². The molecule has 3 aromatic rings. The molecule has 4 rings (SSSR count). The summed E-state index contributed by atoms with van der Waals surface area (Å²) in [6.07, 6.45) is 5.18. The van der Waals surface area contributed by atoms with Gasteiger partial charge in [-0.05, 0) is 36.2 Å². The molecular formula is C24H26N4O3. The van der Waals surface area contributed by atoms with Gasteiger partial charge in [0.2, 0.25) is 5.91 Å². The van der Waals surface area contributed by atoms with Gasteiger partial charge in [0.05, 0.1) is 36.6 Å². The lowest BCUT2D eigenvalue weighted by Crippen LogP contribution is -2.43. The van der Waals surface area contributed by atoms with Crippen LogP contribution in [-0.2, 0) is 11.3 Å². The summed E-state index contributed by atoms with van der Waals surface area (Å²) in [7, 11) is 1.61. The second kappa shape index (κ2) is 9.04. The van der Waals surface area contributed by atoms with E-state index in [9.17, 15) is 9.59 Å². The van der Waals surface area contributed by atoms with E-state index in [-0.39, 0.29) is 18.4 Å². The Morgan fingerprint density at radius 2 is 1.94 bits per heavy atom. The number of methoxy groups -OCH3 is 1. The van der Waals surface area contributed by atoms with E-state index < -0.39 is 6.04 Å². The number of aromatic nitrogens is 2. The lowest BCUT2D eigenvalue weighted by atomic mass is 10.1. The molecule has 160 valence electrons. The molecule has 0 aliphatic carbocycles. The number of nitrogens with zero attached hydrogens (tertiary/aromatic N) is 3. The zero-order valence-electron chi connectivity index (χ0n) is 17.7. The van der Waals surface area contributed by atoms with Crippen molar-refractivity contribution in [3.63, 3.8) is 0 Å². The van der Waals surface area contributed by atoms with Gasteiger partial charge >= 0.3 is 0 Å². The minimum Gasteiger partial charge on any atom is -0.497 e. The fourth-order valence-corrected chi connectivity index (χ4v) is 3.86. The molecule has 2 amide bonds. The second-order valence-corrected chi connectivity index (χ2v) is 7.53. The number of hydrogen-bond acceptors (Lipinski definition) is 4. The molecular weight excluding hydrogens is 392 g/mol. The van der Waals surface area contributed by atoms with Crippen molar-refractivity contribution in [3.05, 3.63) is 77.9 Å². The number of unbranched alkanes of at least 4 members (excludes halogenated alkanes) is 1. The van der Waals surface area contributed by atoms with Crippen LogP contribution in [-0.4, -0.2) is 39.9 Å². The summed E-state index contributed by atoms with van der Waals surface area (Å²) in [5, 5.41) is 3.00. The number of carbonyl (C=O) groups is 2. The molecule has 0 saturated heterocycles. The first-order valence-electron chi connectivity index (χ1n) is 10.5. The molecule has 7 heteroatoms. The van der Waals surface area contributed by atoms with Gasteiger partial charge in [0.15, 0.2) is 6.04 Å². The Morgan fingerprint density at radius 1 is 1.16 bits per heavy atom. The van der Waals surface area contributed by atoms with E-state index in [1.54, 1.807) is 30.6 Å². The summed E-state index contributed by atoms with van der Waals surface area (Å²) in [6.45, 7) is 2.93. The van der Waals surface area contributed by atoms with E-state index in [1.165, 1.54) is 0 Å². The molecule has 2 heterocycles. The number of carbonyl (C=O) groups excluding carboxylic acids is 2. The van der Waals surface area contributed by atoms with E-state index in [0.29, 0.717) is 17.8 Å². The normalized spacial score (nSPS) is 15.1. The number of hydrogen-bond donors (Lipinski definition) is 1. The smallest absolute Gasteiger partial charge is 0.257 e. The van der Waals surface area contributed by atoms with Crippen molar-refractivity contribution in [2.45, 2.75) is 32.4 Å². The number of para-hydroxylation sites is 1. The predicted octanol–water partition coefficient (Wildman–Crippen LogP) is 3.49. The molecule has 0 fully saturated rings. The number of ether oxygens (including phenoxy) is 1. The minimum atomic E-state index is -0.790. The molecule has 0 radical (unpaired) electrons. The Balaban J connectivity index is 1.78. The van der Waals surface area contributed by atoms with Crippen LogP contribution in [0.2, 0.25) is 0 Å². The van der Waals surface area contributed by atoms with Gasteiger partial charge in [-0.3, -0.25) is 14.2 Å². The highest BCUT2D eigenvalue weighted by Gasteiger charge is 2.38. The van der Waals surface area contributed by atoms with Crippen molar-refractivity contribution in [3.8, 4) is 11.4 Å². The Hall–Kier alpha value is -3.61. The Morgan fingerprint density at radius 3 is 2.68 bits per heavy atom. The van der Waals surface area contributed by atoms with E-state index in [1.807, 2.05) is 47.0 Å². The highest BCUT2D eigenvalue weighted by molar-refractivity contribution is 6.01. The summed E-state index contributed by atoms with van der Waals surface area (Å²) in [5.41, 5.74) is 2.84. The highest BCUT2D eigenvalue weighted by atomic mass is 16.5. The monoisotopic (exact) mass is 418 g/mol. The fraction of sp³-hybridized carbons (Fsp3) is 0.292. The maximum atomic E-state index is 13.7. The molecule has 1 unspecified atom stereocenters. The van der Waals surface area contributed by atoms with Crippen LogP contribution in [0.4, 0.5) is 0 Å². The summed E-state index contributed by atoms with van der Waals surface area (Å²) in [6, 6.07) is 14.1. The van der Waals surface area contributed by atoms with Crippen molar-refractivity contribution < 1.29 is 14.3 Å². The lowest BCUT2D eigenvalue weighted by molar-refractivity contribution is -0.126. The van der Waals surface area contributed by atoms with Crippen molar-refractivity contribution >= 4 is 11.8 Å². The van der Waals surface area contributed by atoms with E-state index in [4.69, 9.17) is 4.74 Å². The van der Waals surface area contributed by atoms with Crippen molar-refractivity contribution in [2.24, 2.45) is 0 Å². The molecule has 0 saturated carbocycles. The van der Waals surface area contributed by atoms with Gasteiger partial charge in [-0.25, -0.2) is 4.98 Å². The number of benzene rings is 2. The Kier molecular flexibility index (Phi) is 6.02. The first kappa shape index (κ1) is 20.7.